The van der Waals surface area contributed by atoms with Crippen molar-refractivity contribution in [2.24, 2.45) is 17.8 Å². The summed E-state index contributed by atoms with van der Waals surface area (Å²) in [7, 11) is 0. The fraction of sp³-hybridized carbons (Fsp3) is 0.800. The lowest BCUT2D eigenvalue weighted by atomic mass is 9.66. The first-order valence-electron chi connectivity index (χ1n) is 10.1. The molecule has 3 rings (SSSR count). The van der Waals surface area contributed by atoms with Gasteiger partial charge in [0.15, 0.2) is 0 Å². The van der Waals surface area contributed by atoms with Gasteiger partial charge >= 0.3 is 0 Å². The van der Waals surface area contributed by atoms with Crippen LogP contribution in [0.25, 0.3) is 0 Å². The number of unbranched alkanes of at least 4 members (excludes halogenated alkanes) is 1. The molecule has 146 valence electrons. The summed E-state index contributed by atoms with van der Waals surface area (Å²) in [5.41, 5.74) is 0. The first kappa shape index (κ1) is 19.6. The van der Waals surface area contributed by atoms with Crippen LogP contribution in [-0.2, 0) is 0 Å². The zero-order valence-electron chi connectivity index (χ0n) is 16.3. The van der Waals surface area contributed by atoms with Gasteiger partial charge in [-0.3, -0.25) is 4.79 Å². The second-order valence-corrected chi connectivity index (χ2v) is 8.76. The standard InChI is InChI=1S/C20H32N2O3S/c1-4-5-9-24-20-18(26-3)17(25-22-20)19(23)21-13(2)16-11-14-7-6-8-15(10-14)12-16/h13-16H,4-12H2,1-3H3,(H,21,23). The van der Waals surface area contributed by atoms with E-state index in [0.717, 1.165) is 24.7 Å². The molecular weight excluding hydrogens is 348 g/mol. The number of hydrogen-bond acceptors (Lipinski definition) is 5. The van der Waals surface area contributed by atoms with E-state index >= 15 is 0 Å². The highest BCUT2D eigenvalue weighted by Crippen LogP contribution is 2.43. The Hall–Kier alpha value is -1.17. The van der Waals surface area contributed by atoms with E-state index < -0.39 is 0 Å². The van der Waals surface area contributed by atoms with E-state index in [1.807, 2.05) is 6.26 Å². The maximum atomic E-state index is 12.8. The van der Waals surface area contributed by atoms with Crippen LogP contribution in [0.4, 0.5) is 0 Å². The van der Waals surface area contributed by atoms with Crippen molar-refractivity contribution in [1.82, 2.24) is 10.5 Å². The Morgan fingerprint density at radius 2 is 2.08 bits per heavy atom. The molecule has 3 unspecified atom stereocenters. The van der Waals surface area contributed by atoms with E-state index in [0.29, 0.717) is 23.3 Å². The monoisotopic (exact) mass is 380 g/mol. The molecule has 2 saturated carbocycles. The highest BCUT2D eigenvalue weighted by molar-refractivity contribution is 7.98. The van der Waals surface area contributed by atoms with Gasteiger partial charge in [-0.05, 0) is 61.8 Å². The molecule has 0 saturated heterocycles. The number of nitrogens with zero attached hydrogens (tertiary/aromatic N) is 1. The third-order valence-electron chi connectivity index (χ3n) is 6.00. The van der Waals surface area contributed by atoms with Crippen molar-refractivity contribution in [2.45, 2.75) is 76.2 Å². The second kappa shape index (κ2) is 9.16. The van der Waals surface area contributed by atoms with Crippen LogP contribution in [0.3, 0.4) is 0 Å². The SMILES string of the molecule is CCCCOc1noc(C(=O)NC(C)C2CC3CCCC(C3)C2)c1SC. The van der Waals surface area contributed by atoms with Gasteiger partial charge in [-0.1, -0.05) is 32.6 Å². The van der Waals surface area contributed by atoms with Crippen molar-refractivity contribution in [3.63, 3.8) is 0 Å². The van der Waals surface area contributed by atoms with E-state index in [2.05, 4.69) is 24.3 Å². The third-order valence-corrected chi connectivity index (χ3v) is 6.77. The van der Waals surface area contributed by atoms with Crippen LogP contribution in [-0.4, -0.2) is 30.0 Å². The lowest BCUT2D eigenvalue weighted by molar-refractivity contribution is 0.0818. The number of nitrogens with one attached hydrogen (secondary N) is 1. The van der Waals surface area contributed by atoms with Crippen LogP contribution in [0.1, 0.15) is 75.8 Å². The molecule has 3 atom stereocenters. The summed E-state index contributed by atoms with van der Waals surface area (Å²) in [4.78, 5) is 13.5. The molecule has 1 aromatic heterocycles. The molecule has 6 heteroatoms. The van der Waals surface area contributed by atoms with Gasteiger partial charge in [-0.2, -0.15) is 0 Å². The Labute approximate surface area is 161 Å². The minimum Gasteiger partial charge on any atom is -0.475 e. The minimum absolute atomic E-state index is 0.162. The van der Waals surface area contributed by atoms with Gasteiger partial charge in [-0.25, -0.2) is 0 Å². The summed E-state index contributed by atoms with van der Waals surface area (Å²) in [5, 5.41) is 7.14. The Morgan fingerprint density at radius 1 is 1.35 bits per heavy atom. The summed E-state index contributed by atoms with van der Waals surface area (Å²) >= 11 is 1.45. The molecular formula is C20H32N2O3S. The number of ether oxygens (including phenoxy) is 1. The van der Waals surface area contributed by atoms with Crippen molar-refractivity contribution >= 4 is 17.7 Å². The van der Waals surface area contributed by atoms with E-state index in [1.165, 1.54) is 50.3 Å². The molecule has 0 spiro atoms. The molecule has 26 heavy (non-hydrogen) atoms. The Morgan fingerprint density at radius 3 is 2.73 bits per heavy atom. The number of amides is 1. The van der Waals surface area contributed by atoms with Crippen LogP contribution in [0.5, 0.6) is 5.88 Å². The van der Waals surface area contributed by atoms with E-state index in [1.54, 1.807) is 0 Å². The van der Waals surface area contributed by atoms with Gasteiger partial charge in [0.25, 0.3) is 11.8 Å². The second-order valence-electron chi connectivity index (χ2n) is 7.94. The van der Waals surface area contributed by atoms with Gasteiger partial charge in [0.2, 0.25) is 5.76 Å². The fourth-order valence-corrected chi connectivity index (χ4v) is 5.16. The minimum atomic E-state index is -0.171. The van der Waals surface area contributed by atoms with Gasteiger partial charge in [0.05, 0.1) is 6.61 Å². The van der Waals surface area contributed by atoms with E-state index in [9.17, 15) is 4.79 Å². The largest absolute Gasteiger partial charge is 0.475 e. The zero-order valence-corrected chi connectivity index (χ0v) is 17.1. The molecule has 0 aliphatic heterocycles. The average Bonchev–Trinajstić information content (AvgIpc) is 3.04. The maximum Gasteiger partial charge on any atom is 0.291 e. The molecule has 0 radical (unpaired) electrons. The third kappa shape index (κ3) is 4.56. The van der Waals surface area contributed by atoms with E-state index in [4.69, 9.17) is 9.26 Å². The first-order valence-corrected chi connectivity index (χ1v) is 11.3. The van der Waals surface area contributed by atoms with Gasteiger partial charge in [-0.15, -0.1) is 11.8 Å². The van der Waals surface area contributed by atoms with E-state index in [-0.39, 0.29) is 17.7 Å². The maximum absolute atomic E-state index is 12.8. The number of aromatic nitrogens is 1. The topological polar surface area (TPSA) is 64.4 Å². The van der Waals surface area contributed by atoms with Crippen LogP contribution in [0.2, 0.25) is 0 Å². The lowest BCUT2D eigenvalue weighted by Crippen LogP contribution is -2.42. The quantitative estimate of drug-likeness (QED) is 0.513. The smallest absolute Gasteiger partial charge is 0.291 e. The zero-order chi connectivity index (χ0) is 18.5. The molecule has 2 bridgehead atoms. The summed E-state index contributed by atoms with van der Waals surface area (Å²) < 4.78 is 11.0. The van der Waals surface area contributed by atoms with Gasteiger partial charge < -0.3 is 14.6 Å². The van der Waals surface area contributed by atoms with Crippen molar-refractivity contribution in [1.29, 1.82) is 0 Å². The molecule has 1 N–H and O–H groups in total. The Balaban J connectivity index is 1.60. The number of rotatable bonds is 8. The van der Waals surface area contributed by atoms with Crippen molar-refractivity contribution < 1.29 is 14.1 Å². The average molecular weight is 381 g/mol. The van der Waals surface area contributed by atoms with Gasteiger partial charge in [0, 0.05) is 6.04 Å². The highest BCUT2D eigenvalue weighted by Gasteiger charge is 2.35. The molecule has 2 aliphatic carbocycles. The Kier molecular flexibility index (Phi) is 6.90. The molecule has 2 fully saturated rings. The van der Waals surface area contributed by atoms with Crippen molar-refractivity contribution in [3.8, 4) is 5.88 Å². The number of carbonyl (C=O) groups is 1. The summed E-state index contributed by atoms with van der Waals surface area (Å²) in [6.07, 6.45) is 11.9. The number of fused-ring (bicyclic) bond motifs is 2. The molecule has 1 aromatic rings. The van der Waals surface area contributed by atoms with Crippen LogP contribution < -0.4 is 10.1 Å². The molecule has 2 aliphatic rings. The molecule has 5 nitrogen and oxygen atoms in total. The number of thioether (sulfide) groups is 1. The van der Waals surface area contributed by atoms with Crippen LogP contribution >= 0.6 is 11.8 Å². The summed E-state index contributed by atoms with van der Waals surface area (Å²) in [5.74, 6) is 2.84. The van der Waals surface area contributed by atoms with Crippen LogP contribution in [0.15, 0.2) is 9.42 Å². The fourth-order valence-electron chi connectivity index (χ4n) is 4.58. The predicted octanol–water partition coefficient (Wildman–Crippen LogP) is 4.91. The predicted molar refractivity (Wildman–Crippen MR) is 104 cm³/mol. The molecule has 0 aromatic carbocycles. The van der Waals surface area contributed by atoms with Crippen LogP contribution in [0, 0.1) is 17.8 Å². The summed E-state index contributed by atoms with van der Waals surface area (Å²) in [6, 6.07) is 0.162. The summed E-state index contributed by atoms with van der Waals surface area (Å²) in [6.45, 7) is 4.84. The lowest BCUT2D eigenvalue weighted by Gasteiger charge is -2.41. The number of carbonyl (C=O) groups excluding carboxylic acids is 1. The Bertz CT molecular complexity index is 592. The number of hydrogen-bond donors (Lipinski definition) is 1. The highest BCUT2D eigenvalue weighted by atomic mass is 32.2. The van der Waals surface area contributed by atoms with Crippen molar-refractivity contribution in [2.75, 3.05) is 12.9 Å². The molecule has 1 heterocycles. The first-order chi connectivity index (χ1) is 12.6. The molecule has 1 amide bonds. The van der Waals surface area contributed by atoms with Crippen molar-refractivity contribution in [3.05, 3.63) is 5.76 Å². The van der Waals surface area contributed by atoms with Gasteiger partial charge in [0.1, 0.15) is 4.90 Å². The normalized spacial score (nSPS) is 26.3.